The third-order valence-electron chi connectivity index (χ3n) is 1.75. The SMILES string of the molecule is CC.CCCCCNC1=NCCN1.[HH].[HH]. The van der Waals surface area contributed by atoms with E-state index in [0.717, 1.165) is 25.6 Å². The zero-order valence-corrected chi connectivity index (χ0v) is 9.19. The lowest BCUT2D eigenvalue weighted by molar-refractivity contribution is 0.690. The zero-order chi connectivity index (χ0) is 9.94. The van der Waals surface area contributed by atoms with Gasteiger partial charge in [-0.05, 0) is 6.42 Å². The van der Waals surface area contributed by atoms with Gasteiger partial charge in [0.25, 0.3) is 0 Å². The second-order valence-electron chi connectivity index (χ2n) is 2.79. The molecule has 0 unspecified atom stereocenters. The summed E-state index contributed by atoms with van der Waals surface area (Å²) >= 11 is 0. The van der Waals surface area contributed by atoms with E-state index in [9.17, 15) is 0 Å². The summed E-state index contributed by atoms with van der Waals surface area (Å²) in [5, 5.41) is 6.43. The van der Waals surface area contributed by atoms with Gasteiger partial charge in [-0.3, -0.25) is 4.99 Å². The van der Waals surface area contributed by atoms with Crippen molar-refractivity contribution in [2.45, 2.75) is 40.0 Å². The van der Waals surface area contributed by atoms with E-state index < -0.39 is 0 Å². The first-order valence-corrected chi connectivity index (χ1v) is 5.45. The molecule has 0 radical (unpaired) electrons. The molecule has 82 valence electrons. The third-order valence-corrected chi connectivity index (χ3v) is 1.75. The number of guanidine groups is 1. The van der Waals surface area contributed by atoms with Crippen LogP contribution < -0.4 is 10.6 Å². The molecule has 1 aliphatic heterocycles. The highest BCUT2D eigenvalue weighted by atomic mass is 15.2. The summed E-state index contributed by atoms with van der Waals surface area (Å²) in [5.74, 6) is 0.987. The van der Waals surface area contributed by atoms with E-state index in [1.807, 2.05) is 13.8 Å². The molecule has 0 saturated carbocycles. The van der Waals surface area contributed by atoms with Crippen molar-refractivity contribution in [3.05, 3.63) is 0 Å². The van der Waals surface area contributed by atoms with Crippen LogP contribution in [0.15, 0.2) is 4.99 Å². The molecule has 0 atom stereocenters. The largest absolute Gasteiger partial charge is 0.356 e. The molecule has 0 aliphatic carbocycles. The van der Waals surface area contributed by atoms with Crippen molar-refractivity contribution in [3.8, 4) is 0 Å². The smallest absolute Gasteiger partial charge is 0.191 e. The monoisotopic (exact) mass is 189 g/mol. The molecule has 1 rings (SSSR count). The molecule has 0 bridgehead atoms. The van der Waals surface area contributed by atoms with Crippen LogP contribution in [0.25, 0.3) is 0 Å². The van der Waals surface area contributed by atoms with Gasteiger partial charge in [-0.1, -0.05) is 33.6 Å². The number of hydrogen-bond donors (Lipinski definition) is 2. The molecule has 0 spiro atoms. The summed E-state index contributed by atoms with van der Waals surface area (Å²) in [4.78, 5) is 4.23. The predicted octanol–water partition coefficient (Wildman–Crippen LogP) is 2.24. The summed E-state index contributed by atoms with van der Waals surface area (Å²) in [6.45, 7) is 9.19. The van der Waals surface area contributed by atoms with E-state index in [0.29, 0.717) is 0 Å². The van der Waals surface area contributed by atoms with E-state index >= 15 is 0 Å². The number of hydrogen-bond acceptors (Lipinski definition) is 3. The minimum atomic E-state index is 0. The first kappa shape index (κ1) is 12.3. The molecule has 0 amide bonds. The molecule has 0 fully saturated rings. The Bertz CT molecular complexity index is 141. The summed E-state index contributed by atoms with van der Waals surface area (Å²) in [7, 11) is 0. The van der Waals surface area contributed by atoms with Gasteiger partial charge in [-0.2, -0.15) is 0 Å². The molecule has 2 N–H and O–H groups in total. The Morgan fingerprint density at radius 1 is 1.46 bits per heavy atom. The average molecular weight is 189 g/mol. The van der Waals surface area contributed by atoms with Crippen LogP contribution in [0, 0.1) is 0 Å². The highest BCUT2D eigenvalue weighted by Crippen LogP contribution is 1.91. The Balaban J connectivity index is -0.000000339. The van der Waals surface area contributed by atoms with Crippen molar-refractivity contribution in [1.29, 1.82) is 0 Å². The van der Waals surface area contributed by atoms with Gasteiger partial charge in [0.15, 0.2) is 5.96 Å². The van der Waals surface area contributed by atoms with Crippen molar-refractivity contribution in [3.63, 3.8) is 0 Å². The van der Waals surface area contributed by atoms with Gasteiger partial charge in [0.05, 0.1) is 6.54 Å². The molecule has 1 heterocycles. The molecule has 0 aromatic rings. The molecule has 0 aromatic heterocycles. The Kier molecular flexibility index (Phi) is 8.83. The maximum atomic E-state index is 4.23. The minimum absolute atomic E-state index is 0. The normalized spacial score (nSPS) is 13.9. The average Bonchev–Trinajstić information content (AvgIpc) is 2.68. The quantitative estimate of drug-likeness (QED) is 0.665. The number of aliphatic imine (C=N–C) groups is 1. The summed E-state index contributed by atoms with van der Waals surface area (Å²) in [6, 6.07) is 0. The molecule has 0 saturated heterocycles. The number of rotatable bonds is 4. The van der Waals surface area contributed by atoms with Crippen LogP contribution in [0.2, 0.25) is 0 Å². The van der Waals surface area contributed by atoms with Crippen molar-refractivity contribution >= 4 is 5.96 Å². The standard InChI is InChI=1S/C8H17N3.C2H6.2H2/c1-2-3-4-5-9-8-10-6-7-11-8;1-2;;/h2-7H2,1H3,(H2,9,10,11);1-2H3;2*1H. The van der Waals surface area contributed by atoms with E-state index in [2.05, 4.69) is 22.5 Å². The molecule has 0 aromatic carbocycles. The lowest BCUT2D eigenvalue weighted by atomic mass is 10.2. The van der Waals surface area contributed by atoms with Gasteiger partial charge in [0.2, 0.25) is 0 Å². The molecule has 3 nitrogen and oxygen atoms in total. The predicted molar refractivity (Wildman–Crippen MR) is 63.4 cm³/mol. The second-order valence-corrected chi connectivity index (χ2v) is 2.79. The van der Waals surface area contributed by atoms with Gasteiger partial charge in [0.1, 0.15) is 0 Å². The highest BCUT2D eigenvalue weighted by Gasteiger charge is 2.01. The fourth-order valence-electron chi connectivity index (χ4n) is 1.10. The Morgan fingerprint density at radius 2 is 2.23 bits per heavy atom. The topological polar surface area (TPSA) is 36.4 Å². The second kappa shape index (κ2) is 9.36. The van der Waals surface area contributed by atoms with E-state index in [4.69, 9.17) is 0 Å². The van der Waals surface area contributed by atoms with Crippen LogP contribution in [0.3, 0.4) is 0 Å². The Morgan fingerprint density at radius 3 is 2.77 bits per heavy atom. The van der Waals surface area contributed by atoms with Crippen LogP contribution >= 0.6 is 0 Å². The van der Waals surface area contributed by atoms with E-state index in [1.165, 1.54) is 19.3 Å². The molecule has 1 aliphatic rings. The maximum absolute atomic E-state index is 4.23. The zero-order valence-electron chi connectivity index (χ0n) is 9.19. The fraction of sp³-hybridized carbons (Fsp3) is 0.900. The number of nitrogens with one attached hydrogen (secondary N) is 2. The van der Waals surface area contributed by atoms with Gasteiger partial charge in [0, 0.05) is 15.9 Å². The Hall–Kier alpha value is -0.730. The van der Waals surface area contributed by atoms with Crippen LogP contribution in [0.4, 0.5) is 0 Å². The van der Waals surface area contributed by atoms with Gasteiger partial charge in [-0.25, -0.2) is 0 Å². The van der Waals surface area contributed by atoms with Crippen molar-refractivity contribution < 1.29 is 2.85 Å². The number of unbranched alkanes of at least 4 members (excludes halogenated alkanes) is 2. The summed E-state index contributed by atoms with van der Waals surface area (Å²) in [5.41, 5.74) is 0. The van der Waals surface area contributed by atoms with Gasteiger partial charge < -0.3 is 10.6 Å². The van der Waals surface area contributed by atoms with Crippen LogP contribution in [-0.2, 0) is 0 Å². The lowest BCUT2D eigenvalue weighted by Gasteiger charge is -2.04. The fourth-order valence-corrected chi connectivity index (χ4v) is 1.10. The van der Waals surface area contributed by atoms with Gasteiger partial charge in [-0.15, -0.1) is 0 Å². The Labute approximate surface area is 85.0 Å². The van der Waals surface area contributed by atoms with Gasteiger partial charge >= 0.3 is 0 Å². The summed E-state index contributed by atoms with van der Waals surface area (Å²) < 4.78 is 0. The van der Waals surface area contributed by atoms with Crippen LogP contribution in [0.5, 0.6) is 0 Å². The number of nitrogens with zero attached hydrogens (tertiary/aromatic N) is 1. The first-order chi connectivity index (χ1) is 6.43. The maximum Gasteiger partial charge on any atom is 0.191 e. The van der Waals surface area contributed by atoms with E-state index in [-0.39, 0.29) is 2.85 Å². The van der Waals surface area contributed by atoms with Crippen LogP contribution in [0.1, 0.15) is 42.9 Å². The molecule has 13 heavy (non-hydrogen) atoms. The minimum Gasteiger partial charge on any atom is -0.356 e. The molecule has 3 heteroatoms. The highest BCUT2D eigenvalue weighted by molar-refractivity contribution is 5.81. The lowest BCUT2D eigenvalue weighted by Crippen LogP contribution is -2.34. The molecular weight excluding hydrogens is 162 g/mol. The van der Waals surface area contributed by atoms with Crippen molar-refractivity contribution in [2.75, 3.05) is 19.6 Å². The third kappa shape index (κ3) is 6.43. The van der Waals surface area contributed by atoms with Crippen LogP contribution in [-0.4, -0.2) is 25.6 Å². The molecular formula is C10H27N3. The summed E-state index contributed by atoms with van der Waals surface area (Å²) in [6.07, 6.45) is 3.83. The van der Waals surface area contributed by atoms with Crippen molar-refractivity contribution in [1.82, 2.24) is 10.6 Å². The van der Waals surface area contributed by atoms with Crippen molar-refractivity contribution in [2.24, 2.45) is 4.99 Å². The van der Waals surface area contributed by atoms with E-state index in [1.54, 1.807) is 0 Å². The first-order valence-electron chi connectivity index (χ1n) is 5.45.